The SMILES string of the molecule is CC1(C)CC2=C[C@@H]3C(=C[C@@H](c4ccccc4)[C@@H]2[C@@H]1O)CC[C@@H]3O. The average molecular weight is 310 g/mol. The van der Waals surface area contributed by atoms with Crippen molar-refractivity contribution in [2.75, 3.05) is 0 Å². The molecule has 0 amide bonds. The van der Waals surface area contributed by atoms with Crippen molar-refractivity contribution in [1.82, 2.24) is 0 Å². The molecule has 2 saturated carbocycles. The molecule has 0 bridgehead atoms. The fourth-order valence-electron chi connectivity index (χ4n) is 4.90. The number of aliphatic hydroxyl groups is 2. The van der Waals surface area contributed by atoms with Crippen LogP contribution in [-0.4, -0.2) is 22.4 Å². The van der Waals surface area contributed by atoms with Crippen LogP contribution in [0, 0.1) is 17.3 Å². The van der Waals surface area contributed by atoms with E-state index in [2.05, 4.69) is 50.3 Å². The number of hydrogen-bond donors (Lipinski definition) is 2. The first-order valence-electron chi connectivity index (χ1n) is 8.79. The van der Waals surface area contributed by atoms with Crippen molar-refractivity contribution in [1.29, 1.82) is 0 Å². The van der Waals surface area contributed by atoms with Crippen LogP contribution >= 0.6 is 0 Å². The van der Waals surface area contributed by atoms with E-state index in [1.165, 1.54) is 16.7 Å². The topological polar surface area (TPSA) is 40.5 Å². The van der Waals surface area contributed by atoms with Gasteiger partial charge in [0, 0.05) is 17.8 Å². The van der Waals surface area contributed by atoms with Crippen LogP contribution in [0.5, 0.6) is 0 Å². The lowest BCUT2D eigenvalue weighted by molar-refractivity contribution is 0.0441. The van der Waals surface area contributed by atoms with Crippen molar-refractivity contribution in [3.63, 3.8) is 0 Å². The second kappa shape index (κ2) is 5.32. The van der Waals surface area contributed by atoms with Gasteiger partial charge in [0.05, 0.1) is 12.2 Å². The first kappa shape index (κ1) is 15.2. The molecule has 2 fully saturated rings. The third-order valence-corrected chi connectivity index (χ3v) is 6.16. The van der Waals surface area contributed by atoms with Crippen LogP contribution in [0.25, 0.3) is 0 Å². The standard InChI is InChI=1S/C21H26O2/c1-21(2)12-15-11-16-14(8-9-18(16)22)10-17(19(15)20(21)23)13-6-4-3-5-7-13/h3-7,10-11,16-20,22-23H,8-9,12H2,1-2H3/t16-,17+,18+,19-,20+/m1/s1. The molecular weight excluding hydrogens is 284 g/mol. The van der Waals surface area contributed by atoms with Crippen molar-refractivity contribution in [3.05, 3.63) is 59.2 Å². The van der Waals surface area contributed by atoms with Crippen LogP contribution in [0.2, 0.25) is 0 Å². The molecule has 0 aromatic heterocycles. The minimum absolute atomic E-state index is 0.0988. The Hall–Kier alpha value is -1.38. The molecule has 0 saturated heterocycles. The van der Waals surface area contributed by atoms with E-state index >= 15 is 0 Å². The number of benzene rings is 1. The molecule has 0 aliphatic heterocycles. The van der Waals surface area contributed by atoms with Crippen molar-refractivity contribution >= 4 is 0 Å². The van der Waals surface area contributed by atoms with E-state index in [0.29, 0.717) is 0 Å². The summed E-state index contributed by atoms with van der Waals surface area (Å²) in [6.45, 7) is 4.32. The zero-order valence-corrected chi connectivity index (χ0v) is 13.9. The number of allylic oxidation sites excluding steroid dienone is 1. The molecule has 3 aliphatic carbocycles. The van der Waals surface area contributed by atoms with E-state index in [9.17, 15) is 10.2 Å². The number of rotatable bonds is 1. The molecular formula is C21H26O2. The summed E-state index contributed by atoms with van der Waals surface area (Å²) in [6, 6.07) is 10.5. The zero-order valence-electron chi connectivity index (χ0n) is 13.9. The summed E-state index contributed by atoms with van der Waals surface area (Å²) >= 11 is 0. The van der Waals surface area contributed by atoms with Crippen LogP contribution in [0.15, 0.2) is 53.6 Å². The highest BCUT2D eigenvalue weighted by Gasteiger charge is 2.49. The lowest BCUT2D eigenvalue weighted by atomic mass is 9.78. The monoisotopic (exact) mass is 310 g/mol. The highest BCUT2D eigenvalue weighted by atomic mass is 16.3. The van der Waals surface area contributed by atoms with Gasteiger partial charge < -0.3 is 10.2 Å². The largest absolute Gasteiger partial charge is 0.392 e. The van der Waals surface area contributed by atoms with Crippen molar-refractivity contribution in [2.45, 2.75) is 51.2 Å². The van der Waals surface area contributed by atoms with Crippen LogP contribution in [0.1, 0.15) is 44.6 Å². The van der Waals surface area contributed by atoms with Gasteiger partial charge in [-0.1, -0.05) is 67.5 Å². The number of hydrogen-bond acceptors (Lipinski definition) is 2. The van der Waals surface area contributed by atoms with Crippen molar-refractivity contribution in [3.8, 4) is 0 Å². The van der Waals surface area contributed by atoms with Gasteiger partial charge in [0.25, 0.3) is 0 Å². The fraction of sp³-hybridized carbons (Fsp3) is 0.524. The van der Waals surface area contributed by atoms with Crippen LogP contribution < -0.4 is 0 Å². The first-order chi connectivity index (χ1) is 11.0. The molecule has 4 rings (SSSR count). The lowest BCUT2D eigenvalue weighted by Gasteiger charge is -2.29. The van der Waals surface area contributed by atoms with E-state index in [-0.39, 0.29) is 35.4 Å². The minimum Gasteiger partial charge on any atom is -0.392 e. The Labute approximate surface area is 138 Å². The smallest absolute Gasteiger partial charge is 0.0668 e. The normalized spacial score (nSPS) is 38.3. The highest BCUT2D eigenvalue weighted by Crippen LogP contribution is 2.54. The van der Waals surface area contributed by atoms with Gasteiger partial charge in [-0.05, 0) is 30.2 Å². The van der Waals surface area contributed by atoms with Gasteiger partial charge in [0.15, 0.2) is 0 Å². The maximum atomic E-state index is 11.0. The predicted octanol–water partition coefficient (Wildman–Crippen LogP) is 3.81. The van der Waals surface area contributed by atoms with Gasteiger partial charge in [-0.25, -0.2) is 0 Å². The Kier molecular flexibility index (Phi) is 3.51. The van der Waals surface area contributed by atoms with E-state index in [4.69, 9.17) is 0 Å². The maximum Gasteiger partial charge on any atom is 0.0668 e. The van der Waals surface area contributed by atoms with Crippen LogP contribution in [-0.2, 0) is 0 Å². The van der Waals surface area contributed by atoms with E-state index in [1.54, 1.807) is 0 Å². The second-order valence-electron chi connectivity index (χ2n) is 8.19. The summed E-state index contributed by atoms with van der Waals surface area (Å²) in [7, 11) is 0. The summed E-state index contributed by atoms with van der Waals surface area (Å²) in [6.07, 6.45) is 6.80. The molecule has 1 aromatic rings. The van der Waals surface area contributed by atoms with Gasteiger partial charge in [-0.2, -0.15) is 0 Å². The van der Waals surface area contributed by atoms with Crippen LogP contribution in [0.3, 0.4) is 0 Å². The predicted molar refractivity (Wildman–Crippen MR) is 92.0 cm³/mol. The van der Waals surface area contributed by atoms with E-state index in [0.717, 1.165) is 19.3 Å². The lowest BCUT2D eigenvalue weighted by Crippen LogP contribution is -2.31. The molecule has 2 nitrogen and oxygen atoms in total. The quantitative estimate of drug-likeness (QED) is 0.774. The molecule has 2 heteroatoms. The number of aliphatic hydroxyl groups excluding tert-OH is 2. The molecule has 5 atom stereocenters. The Morgan fingerprint density at radius 1 is 0.957 bits per heavy atom. The van der Waals surface area contributed by atoms with Crippen molar-refractivity contribution < 1.29 is 10.2 Å². The molecule has 0 unspecified atom stereocenters. The highest BCUT2D eigenvalue weighted by molar-refractivity contribution is 5.40. The maximum absolute atomic E-state index is 11.0. The Bertz CT molecular complexity index is 656. The average Bonchev–Trinajstić information content (AvgIpc) is 2.91. The fourth-order valence-corrected chi connectivity index (χ4v) is 4.90. The molecule has 0 heterocycles. The summed E-state index contributed by atoms with van der Waals surface area (Å²) in [5.74, 6) is 0.504. The van der Waals surface area contributed by atoms with Gasteiger partial charge in [-0.15, -0.1) is 0 Å². The van der Waals surface area contributed by atoms with Crippen molar-refractivity contribution in [2.24, 2.45) is 17.3 Å². The van der Waals surface area contributed by atoms with E-state index in [1.807, 2.05) is 6.07 Å². The Morgan fingerprint density at radius 2 is 1.65 bits per heavy atom. The second-order valence-corrected chi connectivity index (χ2v) is 8.19. The van der Waals surface area contributed by atoms with Gasteiger partial charge in [-0.3, -0.25) is 0 Å². The molecule has 0 spiro atoms. The van der Waals surface area contributed by atoms with Gasteiger partial charge in [0.2, 0.25) is 0 Å². The third kappa shape index (κ3) is 2.40. The van der Waals surface area contributed by atoms with Crippen LogP contribution in [0.4, 0.5) is 0 Å². The molecule has 122 valence electrons. The van der Waals surface area contributed by atoms with Gasteiger partial charge >= 0.3 is 0 Å². The summed E-state index contributed by atoms with van der Waals surface area (Å²) in [5.41, 5.74) is 3.87. The Morgan fingerprint density at radius 3 is 2.39 bits per heavy atom. The summed E-state index contributed by atoms with van der Waals surface area (Å²) < 4.78 is 0. The Balaban J connectivity index is 1.85. The zero-order chi connectivity index (χ0) is 16.2. The summed E-state index contributed by atoms with van der Waals surface area (Å²) in [4.78, 5) is 0. The van der Waals surface area contributed by atoms with Gasteiger partial charge in [0.1, 0.15) is 0 Å². The van der Waals surface area contributed by atoms with E-state index < -0.39 is 0 Å². The number of fused-ring (bicyclic) bond motifs is 2. The summed E-state index contributed by atoms with van der Waals surface area (Å²) in [5, 5.41) is 21.4. The molecule has 3 aliphatic rings. The first-order valence-corrected chi connectivity index (χ1v) is 8.79. The molecule has 2 N–H and O–H groups in total. The minimum atomic E-state index is -0.341. The third-order valence-electron chi connectivity index (χ3n) is 6.16. The molecule has 23 heavy (non-hydrogen) atoms. The molecule has 0 radical (unpaired) electrons. The molecule has 1 aromatic carbocycles.